The summed E-state index contributed by atoms with van der Waals surface area (Å²) >= 11 is 5.62. The molecule has 0 fully saturated rings. The van der Waals surface area contributed by atoms with Crippen molar-refractivity contribution in [1.29, 1.82) is 0 Å². The standard InChI is InChI=1S/C13H21ClN2O/c1-2-3-4-5-6-7-8-9-16-11-15-12(14)10-13(16)17/h10-11H,2-9H2,1H3. The van der Waals surface area contributed by atoms with Crippen LogP contribution in [-0.4, -0.2) is 9.55 Å². The zero-order valence-electron chi connectivity index (χ0n) is 10.5. The molecule has 1 rings (SSSR count). The van der Waals surface area contributed by atoms with Gasteiger partial charge in [0.25, 0.3) is 5.56 Å². The minimum absolute atomic E-state index is 0.0593. The van der Waals surface area contributed by atoms with Gasteiger partial charge in [-0.2, -0.15) is 0 Å². The average molecular weight is 257 g/mol. The van der Waals surface area contributed by atoms with Gasteiger partial charge in [-0.25, -0.2) is 4.98 Å². The summed E-state index contributed by atoms with van der Waals surface area (Å²) in [6.45, 7) is 2.97. The molecule has 1 aromatic heterocycles. The van der Waals surface area contributed by atoms with E-state index in [1.54, 1.807) is 4.57 Å². The number of nitrogens with zero attached hydrogens (tertiary/aromatic N) is 2. The van der Waals surface area contributed by atoms with Crippen LogP contribution in [0.4, 0.5) is 0 Å². The third kappa shape index (κ3) is 5.87. The number of hydrogen-bond acceptors (Lipinski definition) is 2. The van der Waals surface area contributed by atoms with Gasteiger partial charge in [0.15, 0.2) is 0 Å². The summed E-state index contributed by atoms with van der Waals surface area (Å²) in [6.07, 6.45) is 10.3. The molecule has 0 aliphatic rings. The molecule has 0 amide bonds. The molecule has 0 aliphatic heterocycles. The number of aromatic nitrogens is 2. The van der Waals surface area contributed by atoms with Crippen molar-refractivity contribution < 1.29 is 0 Å². The first-order valence-electron chi connectivity index (χ1n) is 6.46. The molecular formula is C13H21ClN2O. The predicted octanol–water partition coefficient (Wildman–Crippen LogP) is 3.65. The summed E-state index contributed by atoms with van der Waals surface area (Å²) < 4.78 is 1.62. The lowest BCUT2D eigenvalue weighted by molar-refractivity contribution is 0.539. The van der Waals surface area contributed by atoms with Crippen LogP contribution in [0.5, 0.6) is 0 Å². The van der Waals surface area contributed by atoms with Gasteiger partial charge in [0.1, 0.15) is 5.15 Å². The number of rotatable bonds is 8. The van der Waals surface area contributed by atoms with E-state index in [2.05, 4.69) is 11.9 Å². The first-order chi connectivity index (χ1) is 8.24. The van der Waals surface area contributed by atoms with Crippen molar-refractivity contribution in [3.8, 4) is 0 Å². The summed E-state index contributed by atoms with van der Waals surface area (Å²) in [7, 11) is 0. The van der Waals surface area contributed by atoms with Gasteiger partial charge in [0.05, 0.1) is 6.33 Å². The van der Waals surface area contributed by atoms with Gasteiger partial charge in [-0.15, -0.1) is 0 Å². The number of unbranched alkanes of at least 4 members (excludes halogenated alkanes) is 6. The summed E-state index contributed by atoms with van der Waals surface area (Å²) in [5.74, 6) is 0. The van der Waals surface area contributed by atoms with Crippen LogP contribution in [0.15, 0.2) is 17.2 Å². The van der Waals surface area contributed by atoms with Crippen molar-refractivity contribution in [2.45, 2.75) is 58.4 Å². The first kappa shape index (κ1) is 14.2. The Morgan fingerprint density at radius 1 is 1.18 bits per heavy atom. The molecule has 0 saturated carbocycles. The minimum Gasteiger partial charge on any atom is -0.299 e. The quantitative estimate of drug-likeness (QED) is 0.526. The van der Waals surface area contributed by atoms with Gasteiger partial charge in [-0.05, 0) is 6.42 Å². The molecular weight excluding hydrogens is 236 g/mol. The van der Waals surface area contributed by atoms with E-state index in [0.717, 1.165) is 13.0 Å². The Morgan fingerprint density at radius 2 is 1.82 bits per heavy atom. The maximum atomic E-state index is 11.5. The van der Waals surface area contributed by atoms with Crippen molar-refractivity contribution in [3.05, 3.63) is 27.9 Å². The van der Waals surface area contributed by atoms with Gasteiger partial charge < -0.3 is 0 Å². The monoisotopic (exact) mass is 256 g/mol. The van der Waals surface area contributed by atoms with Crippen LogP contribution in [0.3, 0.4) is 0 Å². The van der Waals surface area contributed by atoms with E-state index < -0.39 is 0 Å². The lowest BCUT2D eigenvalue weighted by Gasteiger charge is -2.04. The Balaban J connectivity index is 2.16. The summed E-state index contributed by atoms with van der Waals surface area (Å²) in [5.41, 5.74) is -0.0593. The number of aryl methyl sites for hydroxylation is 1. The predicted molar refractivity (Wildman–Crippen MR) is 71.5 cm³/mol. The van der Waals surface area contributed by atoms with Gasteiger partial charge in [0.2, 0.25) is 0 Å². The van der Waals surface area contributed by atoms with Crippen LogP contribution in [0, 0.1) is 0 Å². The molecule has 0 spiro atoms. The second-order valence-electron chi connectivity index (χ2n) is 4.36. The molecule has 0 atom stereocenters. The zero-order chi connectivity index (χ0) is 12.5. The van der Waals surface area contributed by atoms with Gasteiger partial charge in [-0.1, -0.05) is 57.0 Å². The Kier molecular flexibility index (Phi) is 6.94. The Morgan fingerprint density at radius 3 is 2.47 bits per heavy atom. The average Bonchev–Trinajstić information content (AvgIpc) is 2.30. The Labute approximate surface area is 108 Å². The van der Waals surface area contributed by atoms with Crippen molar-refractivity contribution in [2.24, 2.45) is 0 Å². The third-order valence-corrected chi connectivity index (χ3v) is 3.06. The molecule has 1 heterocycles. The smallest absolute Gasteiger partial charge is 0.254 e. The largest absolute Gasteiger partial charge is 0.299 e. The highest BCUT2D eigenvalue weighted by Crippen LogP contribution is 2.07. The van der Waals surface area contributed by atoms with Crippen LogP contribution in [0.1, 0.15) is 51.9 Å². The van der Waals surface area contributed by atoms with Crippen LogP contribution in [-0.2, 0) is 6.54 Å². The normalized spacial score (nSPS) is 10.7. The number of halogens is 1. The maximum absolute atomic E-state index is 11.5. The van der Waals surface area contributed by atoms with E-state index in [1.807, 2.05) is 0 Å². The maximum Gasteiger partial charge on any atom is 0.254 e. The highest BCUT2D eigenvalue weighted by molar-refractivity contribution is 6.29. The fraction of sp³-hybridized carbons (Fsp3) is 0.692. The Bertz CT molecular complexity index is 376. The Hall–Kier alpha value is -0.830. The second kappa shape index (κ2) is 8.29. The molecule has 1 aromatic rings. The lowest BCUT2D eigenvalue weighted by Crippen LogP contribution is -2.19. The van der Waals surface area contributed by atoms with Crippen LogP contribution < -0.4 is 5.56 Å². The molecule has 3 nitrogen and oxygen atoms in total. The summed E-state index contributed by atoms with van der Waals surface area (Å²) in [6, 6.07) is 1.36. The third-order valence-electron chi connectivity index (χ3n) is 2.85. The fourth-order valence-electron chi connectivity index (χ4n) is 1.81. The van der Waals surface area contributed by atoms with E-state index in [0.29, 0.717) is 0 Å². The van der Waals surface area contributed by atoms with Crippen LogP contribution >= 0.6 is 11.6 Å². The van der Waals surface area contributed by atoms with E-state index >= 15 is 0 Å². The van der Waals surface area contributed by atoms with Crippen molar-refractivity contribution in [1.82, 2.24) is 9.55 Å². The van der Waals surface area contributed by atoms with Crippen molar-refractivity contribution in [2.75, 3.05) is 0 Å². The molecule has 0 aliphatic carbocycles. The molecule has 4 heteroatoms. The molecule has 17 heavy (non-hydrogen) atoms. The lowest BCUT2D eigenvalue weighted by atomic mass is 10.1. The van der Waals surface area contributed by atoms with Gasteiger partial charge in [0, 0.05) is 12.6 Å². The van der Waals surface area contributed by atoms with E-state index in [1.165, 1.54) is 50.9 Å². The number of hydrogen-bond donors (Lipinski definition) is 0. The van der Waals surface area contributed by atoms with Gasteiger partial charge in [-0.3, -0.25) is 9.36 Å². The topological polar surface area (TPSA) is 34.9 Å². The molecule has 0 aromatic carbocycles. The van der Waals surface area contributed by atoms with Crippen LogP contribution in [0.25, 0.3) is 0 Å². The van der Waals surface area contributed by atoms with E-state index in [4.69, 9.17) is 11.6 Å². The highest BCUT2D eigenvalue weighted by atomic mass is 35.5. The van der Waals surface area contributed by atoms with E-state index in [-0.39, 0.29) is 10.7 Å². The van der Waals surface area contributed by atoms with E-state index in [9.17, 15) is 4.79 Å². The SMILES string of the molecule is CCCCCCCCCn1cnc(Cl)cc1=O. The zero-order valence-corrected chi connectivity index (χ0v) is 11.2. The molecule has 0 N–H and O–H groups in total. The minimum atomic E-state index is -0.0593. The highest BCUT2D eigenvalue weighted by Gasteiger charge is 1.97. The van der Waals surface area contributed by atoms with Crippen molar-refractivity contribution >= 4 is 11.6 Å². The summed E-state index contributed by atoms with van der Waals surface area (Å²) in [4.78, 5) is 15.4. The van der Waals surface area contributed by atoms with Gasteiger partial charge >= 0.3 is 0 Å². The van der Waals surface area contributed by atoms with Crippen LogP contribution in [0.2, 0.25) is 5.15 Å². The molecule has 0 bridgehead atoms. The fourth-order valence-corrected chi connectivity index (χ4v) is 1.95. The molecule has 0 unspecified atom stereocenters. The molecule has 0 saturated heterocycles. The second-order valence-corrected chi connectivity index (χ2v) is 4.75. The first-order valence-corrected chi connectivity index (χ1v) is 6.84. The molecule has 0 radical (unpaired) electrons. The van der Waals surface area contributed by atoms with Crippen molar-refractivity contribution in [3.63, 3.8) is 0 Å². The molecule has 96 valence electrons. The summed E-state index contributed by atoms with van der Waals surface area (Å²) in [5, 5.41) is 0.269.